The van der Waals surface area contributed by atoms with E-state index in [2.05, 4.69) is 5.10 Å². The Balaban J connectivity index is 2.95. The van der Waals surface area contributed by atoms with Crippen LogP contribution in [-0.2, 0) is 18.3 Å². The van der Waals surface area contributed by atoms with Crippen molar-refractivity contribution in [2.24, 2.45) is 7.05 Å². The molecule has 0 amide bonds. The van der Waals surface area contributed by atoms with Gasteiger partial charge in [0, 0.05) is 27.1 Å². The maximum Gasteiger partial charge on any atom is 0.334 e. The summed E-state index contributed by atoms with van der Waals surface area (Å²) in [6.45, 7) is 2.24. The van der Waals surface area contributed by atoms with Gasteiger partial charge >= 0.3 is 11.7 Å². The maximum absolute atomic E-state index is 11.1. The van der Waals surface area contributed by atoms with Gasteiger partial charge in [-0.25, -0.2) is 4.68 Å². The van der Waals surface area contributed by atoms with Gasteiger partial charge in [0.05, 0.1) is 4.92 Å². The summed E-state index contributed by atoms with van der Waals surface area (Å²) in [5, 5.41) is 23.9. The Morgan fingerprint density at radius 3 is 2.68 bits per heavy atom. The molecule has 1 aromatic heterocycles. The summed E-state index contributed by atoms with van der Waals surface area (Å²) in [6.07, 6.45) is 0.944. The van der Waals surface area contributed by atoms with Crippen LogP contribution in [0.2, 0.25) is 0 Å². The van der Waals surface area contributed by atoms with Crippen molar-refractivity contribution in [1.29, 1.82) is 0 Å². The smallest absolute Gasteiger partial charge is 0.334 e. The predicted molar refractivity (Wildman–Crippen MR) is 69.4 cm³/mol. The summed E-state index contributed by atoms with van der Waals surface area (Å²) in [7, 11) is 3.35. The van der Waals surface area contributed by atoms with E-state index in [0.29, 0.717) is 30.9 Å². The van der Waals surface area contributed by atoms with Gasteiger partial charge in [-0.15, -0.1) is 0 Å². The summed E-state index contributed by atoms with van der Waals surface area (Å²) in [5.41, 5.74) is 0.440. The fraction of sp³-hybridized carbons (Fsp3) is 0.636. The van der Waals surface area contributed by atoms with Crippen LogP contribution in [0.15, 0.2) is 0 Å². The van der Waals surface area contributed by atoms with E-state index in [1.54, 1.807) is 19.0 Å². The average molecular weight is 270 g/mol. The topological polar surface area (TPSA) is 102 Å². The van der Waals surface area contributed by atoms with Crippen molar-refractivity contribution in [3.8, 4) is 0 Å². The van der Waals surface area contributed by atoms with Crippen molar-refractivity contribution in [3.63, 3.8) is 0 Å². The molecule has 1 heterocycles. The minimum atomic E-state index is -0.873. The molecule has 0 spiro atoms. The van der Waals surface area contributed by atoms with Crippen molar-refractivity contribution in [2.75, 3.05) is 18.5 Å². The molecule has 0 saturated heterocycles. The van der Waals surface area contributed by atoms with Crippen LogP contribution in [0.1, 0.15) is 25.5 Å². The quantitative estimate of drug-likeness (QED) is 0.590. The summed E-state index contributed by atoms with van der Waals surface area (Å²) < 4.78 is 1.47. The molecule has 8 nitrogen and oxygen atoms in total. The molecule has 0 bridgehead atoms. The van der Waals surface area contributed by atoms with Gasteiger partial charge in [-0.1, -0.05) is 6.92 Å². The highest BCUT2D eigenvalue weighted by molar-refractivity contribution is 5.67. The standard InChI is InChI=1S/C11H18N4O4/c1-4-8-10(15(18)19)11(14(3)12-8)13(2)7-5-6-9(16)17/h4-7H2,1-3H3,(H,16,17). The molecule has 0 aliphatic carbocycles. The molecule has 19 heavy (non-hydrogen) atoms. The van der Waals surface area contributed by atoms with Crippen LogP contribution >= 0.6 is 0 Å². The molecule has 1 aromatic rings. The van der Waals surface area contributed by atoms with Gasteiger partial charge in [0.2, 0.25) is 5.82 Å². The lowest BCUT2D eigenvalue weighted by molar-refractivity contribution is -0.384. The summed E-state index contributed by atoms with van der Waals surface area (Å²) in [6, 6.07) is 0. The molecular formula is C11H18N4O4. The third-order valence-corrected chi connectivity index (χ3v) is 2.83. The van der Waals surface area contributed by atoms with Crippen LogP contribution < -0.4 is 4.90 Å². The first kappa shape index (κ1) is 14.9. The number of anilines is 1. The Kier molecular flexibility index (Phi) is 4.85. The number of carboxylic acid groups (broad SMARTS) is 1. The number of carboxylic acids is 1. The highest BCUT2D eigenvalue weighted by Gasteiger charge is 2.27. The van der Waals surface area contributed by atoms with Crippen molar-refractivity contribution < 1.29 is 14.8 Å². The first-order chi connectivity index (χ1) is 8.88. The molecule has 0 aliphatic rings. The molecule has 0 fully saturated rings. The van der Waals surface area contributed by atoms with Gasteiger partial charge in [-0.05, 0) is 12.8 Å². The number of aryl methyl sites for hydroxylation is 2. The van der Waals surface area contributed by atoms with Crippen LogP contribution in [0.3, 0.4) is 0 Å². The fourth-order valence-electron chi connectivity index (χ4n) is 1.98. The van der Waals surface area contributed by atoms with Crippen molar-refractivity contribution in [1.82, 2.24) is 9.78 Å². The van der Waals surface area contributed by atoms with Gasteiger partial charge < -0.3 is 10.0 Å². The van der Waals surface area contributed by atoms with Gasteiger partial charge in [0.15, 0.2) is 0 Å². The Morgan fingerprint density at radius 1 is 1.58 bits per heavy atom. The zero-order chi connectivity index (χ0) is 14.6. The number of nitrogens with zero attached hydrogens (tertiary/aromatic N) is 4. The van der Waals surface area contributed by atoms with E-state index >= 15 is 0 Å². The third-order valence-electron chi connectivity index (χ3n) is 2.83. The predicted octanol–water partition coefficient (Wildman–Crippen LogP) is 1.19. The first-order valence-electron chi connectivity index (χ1n) is 6.01. The van der Waals surface area contributed by atoms with Gasteiger partial charge in [-0.3, -0.25) is 14.9 Å². The summed E-state index contributed by atoms with van der Waals surface area (Å²) >= 11 is 0. The second-order valence-electron chi connectivity index (χ2n) is 4.27. The molecule has 0 radical (unpaired) electrons. The van der Waals surface area contributed by atoms with Gasteiger partial charge in [0.25, 0.3) is 0 Å². The molecular weight excluding hydrogens is 252 g/mol. The zero-order valence-electron chi connectivity index (χ0n) is 11.3. The van der Waals surface area contributed by atoms with E-state index in [-0.39, 0.29) is 12.1 Å². The minimum absolute atomic E-state index is 0.00262. The zero-order valence-corrected chi connectivity index (χ0v) is 11.3. The van der Waals surface area contributed by atoms with Gasteiger partial charge in [-0.2, -0.15) is 5.10 Å². The van der Waals surface area contributed by atoms with E-state index in [0.717, 1.165) is 0 Å². The normalized spacial score (nSPS) is 10.5. The van der Waals surface area contributed by atoms with E-state index in [1.807, 2.05) is 6.92 Å². The largest absolute Gasteiger partial charge is 0.481 e. The molecule has 0 atom stereocenters. The monoisotopic (exact) mass is 270 g/mol. The van der Waals surface area contributed by atoms with E-state index in [4.69, 9.17) is 5.11 Å². The Bertz CT molecular complexity index is 483. The van der Waals surface area contributed by atoms with Crippen LogP contribution in [0.5, 0.6) is 0 Å². The molecule has 0 saturated carbocycles. The Hall–Kier alpha value is -2.12. The molecule has 8 heteroatoms. The van der Waals surface area contributed by atoms with Crippen LogP contribution in [0.4, 0.5) is 11.5 Å². The third kappa shape index (κ3) is 3.43. The molecule has 0 unspecified atom stereocenters. The van der Waals surface area contributed by atoms with Crippen LogP contribution in [0.25, 0.3) is 0 Å². The Morgan fingerprint density at radius 2 is 2.21 bits per heavy atom. The van der Waals surface area contributed by atoms with Crippen LogP contribution in [0, 0.1) is 10.1 Å². The number of nitro groups is 1. The molecule has 1 rings (SSSR count). The van der Waals surface area contributed by atoms with E-state index in [9.17, 15) is 14.9 Å². The number of carbonyl (C=O) groups is 1. The maximum atomic E-state index is 11.1. The second-order valence-corrected chi connectivity index (χ2v) is 4.27. The molecule has 1 N–H and O–H groups in total. The average Bonchev–Trinajstić information content (AvgIpc) is 2.65. The van der Waals surface area contributed by atoms with Crippen LogP contribution in [-0.4, -0.2) is 39.4 Å². The van der Waals surface area contributed by atoms with E-state index in [1.165, 1.54) is 4.68 Å². The lowest BCUT2D eigenvalue weighted by atomic mass is 10.2. The number of hydrogen-bond donors (Lipinski definition) is 1. The number of hydrogen-bond acceptors (Lipinski definition) is 5. The first-order valence-corrected chi connectivity index (χ1v) is 6.01. The Labute approximate surface area is 110 Å². The van der Waals surface area contributed by atoms with Crippen molar-refractivity contribution in [3.05, 3.63) is 15.8 Å². The number of aliphatic carboxylic acids is 1. The summed E-state index contributed by atoms with van der Waals surface area (Å²) in [4.78, 5) is 22.8. The summed E-state index contributed by atoms with van der Waals surface area (Å²) in [5.74, 6) is -0.464. The van der Waals surface area contributed by atoms with Crippen molar-refractivity contribution >= 4 is 17.5 Å². The number of aromatic nitrogens is 2. The lowest BCUT2D eigenvalue weighted by Gasteiger charge is -2.17. The van der Waals surface area contributed by atoms with Gasteiger partial charge in [0.1, 0.15) is 5.69 Å². The van der Waals surface area contributed by atoms with E-state index < -0.39 is 10.9 Å². The SMILES string of the molecule is CCc1nn(C)c(N(C)CCCC(=O)O)c1[N+](=O)[O-]. The molecule has 106 valence electrons. The minimum Gasteiger partial charge on any atom is -0.481 e. The number of rotatable bonds is 7. The lowest BCUT2D eigenvalue weighted by Crippen LogP contribution is -2.22. The second kappa shape index (κ2) is 6.17. The highest BCUT2D eigenvalue weighted by Crippen LogP contribution is 2.31. The highest BCUT2D eigenvalue weighted by atomic mass is 16.6. The molecule has 0 aliphatic heterocycles. The molecule has 0 aromatic carbocycles. The van der Waals surface area contributed by atoms with Crippen molar-refractivity contribution in [2.45, 2.75) is 26.2 Å². The fourth-order valence-corrected chi connectivity index (χ4v) is 1.98.